The fourth-order valence-electron chi connectivity index (χ4n) is 3.26. The van der Waals surface area contributed by atoms with Gasteiger partial charge in [-0.2, -0.15) is 0 Å². The van der Waals surface area contributed by atoms with E-state index in [2.05, 4.69) is 53.3 Å². The van der Waals surface area contributed by atoms with Crippen molar-refractivity contribution in [2.24, 2.45) is 5.92 Å². The van der Waals surface area contributed by atoms with Gasteiger partial charge >= 0.3 is 0 Å². The van der Waals surface area contributed by atoms with E-state index in [1.165, 1.54) is 12.7 Å². The molecule has 2 aromatic rings. The zero-order valence-electron chi connectivity index (χ0n) is 11.8. The lowest BCUT2D eigenvalue weighted by Gasteiger charge is -2.27. The molecule has 7 heteroatoms. The van der Waals surface area contributed by atoms with Crippen LogP contribution in [0.1, 0.15) is 0 Å². The Morgan fingerprint density at radius 3 is 2.65 bits per heavy atom. The van der Waals surface area contributed by atoms with Crippen molar-refractivity contribution < 1.29 is 4.21 Å². The summed E-state index contributed by atoms with van der Waals surface area (Å²) in [6.07, 6.45) is 6.83. The monoisotopic (exact) mass is 412 g/mol. The highest BCUT2D eigenvalue weighted by atomic mass is 32.2. The smallest absolute Gasteiger partial charge is 0.122 e. The van der Waals surface area contributed by atoms with E-state index >= 15 is 0 Å². The molecule has 0 spiro atoms. The van der Waals surface area contributed by atoms with Crippen molar-refractivity contribution in [2.45, 2.75) is 23.0 Å². The summed E-state index contributed by atoms with van der Waals surface area (Å²) in [6, 6.07) is 8.49. The van der Waals surface area contributed by atoms with Gasteiger partial charge in [-0.15, -0.1) is 34.4 Å². The van der Waals surface area contributed by atoms with Crippen LogP contribution in [0.15, 0.2) is 65.9 Å². The van der Waals surface area contributed by atoms with Crippen LogP contribution in [0.25, 0.3) is 0 Å². The van der Waals surface area contributed by atoms with Crippen LogP contribution in [0.5, 0.6) is 0 Å². The van der Waals surface area contributed by atoms with Crippen molar-refractivity contribution in [1.29, 1.82) is 0 Å². The third-order valence-corrected chi connectivity index (χ3v) is 13.0. The Labute approximate surface area is 158 Å². The van der Waals surface area contributed by atoms with E-state index < -0.39 is 10.8 Å². The molecule has 3 aliphatic heterocycles. The summed E-state index contributed by atoms with van der Waals surface area (Å²) in [7, 11) is -0.820. The number of rotatable bonds is 4. The molecular formula is C16H12OS6. The Hall–Kier alpha value is 0.0800. The van der Waals surface area contributed by atoms with Crippen molar-refractivity contribution in [2.75, 3.05) is 0 Å². The third kappa shape index (κ3) is 2.39. The van der Waals surface area contributed by atoms with Crippen molar-refractivity contribution in [3.05, 3.63) is 57.5 Å². The Balaban J connectivity index is 1.47. The first-order chi connectivity index (χ1) is 11.3. The molecule has 3 aliphatic rings. The lowest BCUT2D eigenvalue weighted by Crippen LogP contribution is -2.31. The Kier molecular flexibility index (Phi) is 3.88. The molecule has 2 bridgehead atoms. The Bertz CT molecular complexity index is 806. The van der Waals surface area contributed by atoms with Crippen LogP contribution in [-0.4, -0.2) is 18.8 Å². The normalized spacial score (nSPS) is 37.3. The highest BCUT2D eigenvalue weighted by Gasteiger charge is 2.63. The van der Waals surface area contributed by atoms with Crippen molar-refractivity contribution >= 4 is 68.8 Å². The maximum Gasteiger partial charge on any atom is 0.122 e. The van der Waals surface area contributed by atoms with Crippen LogP contribution in [-0.2, 0) is 10.8 Å². The SMILES string of the molecule is O=S1[C@@H]2C=C[C@@]1(Sc1cccs1)[C@H]1C=C(Sc3cccs3)S[C@@H]21. The molecule has 2 aromatic heterocycles. The second-order valence-electron chi connectivity index (χ2n) is 5.50. The average molecular weight is 413 g/mol. The zero-order valence-corrected chi connectivity index (χ0v) is 16.7. The molecule has 1 unspecified atom stereocenters. The van der Waals surface area contributed by atoms with Crippen LogP contribution >= 0.6 is 58.0 Å². The second-order valence-corrected chi connectivity index (χ2v) is 13.9. The molecule has 1 nitrogen and oxygen atoms in total. The second kappa shape index (κ2) is 5.81. The quantitative estimate of drug-likeness (QED) is 0.602. The van der Waals surface area contributed by atoms with Gasteiger partial charge in [0.2, 0.25) is 0 Å². The van der Waals surface area contributed by atoms with Gasteiger partial charge in [0.05, 0.1) is 24.5 Å². The lowest BCUT2D eigenvalue weighted by molar-refractivity contribution is 0.637. The van der Waals surface area contributed by atoms with Gasteiger partial charge in [0, 0.05) is 15.4 Å². The molecular weight excluding hydrogens is 401 g/mol. The van der Waals surface area contributed by atoms with E-state index in [1.54, 1.807) is 22.7 Å². The van der Waals surface area contributed by atoms with E-state index in [0.717, 1.165) is 0 Å². The third-order valence-electron chi connectivity index (χ3n) is 4.24. The molecule has 1 saturated heterocycles. The van der Waals surface area contributed by atoms with Crippen molar-refractivity contribution in [3.8, 4) is 0 Å². The number of fused-ring (bicyclic) bond motifs is 5. The zero-order chi connectivity index (χ0) is 15.4. The predicted octanol–water partition coefficient (Wildman–Crippen LogP) is 5.66. The molecule has 5 atom stereocenters. The molecule has 0 saturated carbocycles. The van der Waals surface area contributed by atoms with Crippen LogP contribution in [0, 0.1) is 5.92 Å². The summed E-state index contributed by atoms with van der Waals surface area (Å²) in [5, 5.41) is 4.87. The van der Waals surface area contributed by atoms with E-state index in [4.69, 9.17) is 0 Å². The Morgan fingerprint density at radius 1 is 1.13 bits per heavy atom. The van der Waals surface area contributed by atoms with Gasteiger partial charge in [0.1, 0.15) is 4.08 Å². The number of thioether (sulfide) groups is 3. The molecule has 0 aliphatic carbocycles. The van der Waals surface area contributed by atoms with Gasteiger partial charge in [-0.25, -0.2) is 0 Å². The first kappa shape index (κ1) is 15.3. The number of hydrogen-bond acceptors (Lipinski definition) is 6. The number of hydrogen-bond donors (Lipinski definition) is 0. The lowest BCUT2D eigenvalue weighted by atomic mass is 9.94. The van der Waals surface area contributed by atoms with E-state index in [1.807, 2.05) is 35.3 Å². The Morgan fingerprint density at radius 2 is 1.91 bits per heavy atom. The number of allylic oxidation sites excluding steroid dienone is 1. The number of thiophene rings is 2. The first-order valence-corrected chi connectivity index (χ1v) is 12.7. The van der Waals surface area contributed by atoms with Crippen molar-refractivity contribution in [3.63, 3.8) is 0 Å². The minimum Gasteiger partial charge on any atom is -0.257 e. The molecule has 0 aromatic carbocycles. The maximum atomic E-state index is 13.0. The van der Waals surface area contributed by atoms with Crippen LogP contribution < -0.4 is 0 Å². The molecule has 23 heavy (non-hydrogen) atoms. The summed E-state index contributed by atoms with van der Waals surface area (Å²) in [6.45, 7) is 0. The summed E-state index contributed by atoms with van der Waals surface area (Å²) < 4.78 is 16.8. The summed E-state index contributed by atoms with van der Waals surface area (Å²) in [5.74, 6) is 0.373. The molecule has 1 fully saturated rings. The minimum atomic E-state index is -0.820. The first-order valence-electron chi connectivity index (χ1n) is 7.19. The standard InChI is InChI=1S/C16H12OS6/c17-23-11-5-6-16(23,22-13-4-2-8-19-13)10-9-14(21-15(10)11)20-12-3-1-7-18-12/h1-11,15H/t10-,11+,15+,16-,23?/m0/s1. The predicted molar refractivity (Wildman–Crippen MR) is 107 cm³/mol. The van der Waals surface area contributed by atoms with Gasteiger partial charge in [-0.1, -0.05) is 53.9 Å². The van der Waals surface area contributed by atoms with Gasteiger partial charge in [-0.05, 0) is 22.9 Å². The molecule has 0 amide bonds. The van der Waals surface area contributed by atoms with Crippen LogP contribution in [0.3, 0.4) is 0 Å². The molecule has 118 valence electrons. The minimum absolute atomic E-state index is 0.204. The maximum absolute atomic E-state index is 13.0. The molecule has 5 heterocycles. The summed E-state index contributed by atoms with van der Waals surface area (Å²) in [5.41, 5.74) is 0. The van der Waals surface area contributed by atoms with E-state index in [9.17, 15) is 4.21 Å². The molecule has 0 N–H and O–H groups in total. The molecule has 0 radical (unpaired) electrons. The van der Waals surface area contributed by atoms with Gasteiger partial charge in [0.25, 0.3) is 0 Å². The highest BCUT2D eigenvalue weighted by molar-refractivity contribution is 8.24. The van der Waals surface area contributed by atoms with E-state index in [-0.39, 0.29) is 9.33 Å². The molecule has 5 rings (SSSR count). The highest BCUT2D eigenvalue weighted by Crippen LogP contribution is 2.64. The summed E-state index contributed by atoms with van der Waals surface area (Å²) >= 11 is 9.14. The average Bonchev–Trinajstić information content (AvgIpc) is 3.31. The largest absolute Gasteiger partial charge is 0.257 e. The van der Waals surface area contributed by atoms with Gasteiger partial charge in [-0.3, -0.25) is 4.21 Å². The van der Waals surface area contributed by atoms with Gasteiger partial charge in [0.15, 0.2) is 0 Å². The fourth-order valence-corrected chi connectivity index (χ4v) is 12.7. The van der Waals surface area contributed by atoms with Crippen LogP contribution in [0.4, 0.5) is 0 Å². The van der Waals surface area contributed by atoms with Gasteiger partial charge < -0.3 is 0 Å². The summed E-state index contributed by atoms with van der Waals surface area (Å²) in [4.78, 5) is 0. The van der Waals surface area contributed by atoms with Crippen LogP contribution in [0.2, 0.25) is 0 Å². The topological polar surface area (TPSA) is 17.1 Å². The van der Waals surface area contributed by atoms with E-state index in [0.29, 0.717) is 11.2 Å². The van der Waals surface area contributed by atoms with Crippen molar-refractivity contribution in [1.82, 2.24) is 0 Å². The fraction of sp³-hybridized carbons (Fsp3) is 0.250.